The third-order valence-electron chi connectivity index (χ3n) is 8.47. The van der Waals surface area contributed by atoms with Crippen LogP contribution in [0.3, 0.4) is 0 Å². The molecule has 0 aliphatic heterocycles. The number of aromatic nitrogens is 2. The fourth-order valence-corrected chi connectivity index (χ4v) is 6.18. The summed E-state index contributed by atoms with van der Waals surface area (Å²) in [6.07, 6.45) is 0.0178. The first-order valence-electron chi connectivity index (χ1n) is 19.3. The molecule has 0 unspecified atom stereocenters. The van der Waals surface area contributed by atoms with Gasteiger partial charge in [0.15, 0.2) is 5.84 Å². The van der Waals surface area contributed by atoms with Crippen molar-refractivity contribution in [3.05, 3.63) is 117 Å². The Hall–Kier alpha value is -4.80. The Morgan fingerprint density at radius 1 is 0.738 bits per heavy atom. The number of nitrogens with two attached hydrogens (primary N) is 1. The topological polar surface area (TPSA) is 180 Å². The largest absolute Gasteiger partial charge is 0.489 e. The number of rotatable bonds is 13. The summed E-state index contributed by atoms with van der Waals surface area (Å²) >= 11 is 12.5. The van der Waals surface area contributed by atoms with E-state index in [4.69, 9.17) is 49.1 Å². The number of ether oxygens (including phenoxy) is 2. The summed E-state index contributed by atoms with van der Waals surface area (Å²) in [5.74, 6) is 1.12. The third-order valence-corrected chi connectivity index (χ3v) is 9.06. The van der Waals surface area contributed by atoms with Crippen molar-refractivity contribution < 1.29 is 64.3 Å². The molecule has 320 valence electrons. The fourth-order valence-electron chi connectivity index (χ4n) is 5.73. The zero-order valence-corrected chi connectivity index (χ0v) is 41.5. The monoisotopic (exact) mass is 1100 g/mol. The first-order chi connectivity index (χ1) is 28.6. The summed E-state index contributed by atoms with van der Waals surface area (Å²) < 4.78 is 21.9. The molecule has 0 aliphatic carbocycles. The van der Waals surface area contributed by atoms with Gasteiger partial charge >= 0.3 is 5.97 Å². The quantitative estimate of drug-likeness (QED) is 0.0340. The Bertz CT molecular complexity index is 2310. The summed E-state index contributed by atoms with van der Waals surface area (Å²) in [6.45, 7) is 18.3. The molecule has 0 saturated carbocycles. The molecule has 0 spiro atoms. The molecule has 4 aromatic carbocycles. The summed E-state index contributed by atoms with van der Waals surface area (Å²) in [5.41, 5.74) is 9.01. The predicted molar refractivity (Wildman–Crippen MR) is 237 cm³/mol. The zero-order valence-electron chi connectivity index (χ0n) is 36.8. The van der Waals surface area contributed by atoms with Gasteiger partial charge < -0.3 is 35.2 Å². The van der Waals surface area contributed by atoms with Crippen LogP contribution >= 0.6 is 23.2 Å². The smallest absolute Gasteiger partial charge is 0.365 e. The molecular weight excluding hydrogens is 1040 g/mol. The van der Waals surface area contributed by atoms with Crippen molar-refractivity contribution in [3.8, 4) is 34.3 Å². The summed E-state index contributed by atoms with van der Waals surface area (Å²) in [5, 5.41) is 14.4. The van der Waals surface area contributed by atoms with Gasteiger partial charge in [0.25, 0.3) is 5.89 Å². The standard InChI is InChI=1S/C22H26ClN3O4.C22H24ClN3O3.BH.U/c1-13(2)29-19-11-8-16(12-18(19)23)20(24)26-30-21(28)15-6-9-17(10-7-15)22(4,5)25-14(3)27;1-13(2)28-19-11-8-16(12-18(19)23)20-24-21(29-26-20)15-6-9-17(10-7-15)22(4,5)25-14(3)27;;/h6-13H,1-5H3,(H2,24,26)(H,25,27);6-13H,1-5H3,(H,25,27);1H;/i;;1D;. The summed E-state index contributed by atoms with van der Waals surface area (Å²) in [6, 6.07) is 24.7. The number of hydrogen-bond acceptors (Lipinski definition) is 10. The SMILES string of the molecule is CC(=O)NC(C)(C)c1ccc(-c2nc(-c3ccc(OC(C)C)c(Cl)c3)no2)cc1.CC(=O)NC(C)(C)c1ccc(C(=O)O/N=C(\N)c2ccc(OC(C)C)c(Cl)c2)cc1.[2H][B].[U]. The Labute approximate surface area is 394 Å². The van der Waals surface area contributed by atoms with Crippen LogP contribution in [0.2, 0.25) is 10.0 Å². The molecule has 2 radical (unpaired) electrons. The van der Waals surface area contributed by atoms with Gasteiger partial charge in [0, 0.05) is 70.0 Å². The maximum absolute atomic E-state index is 12.3. The number of amides is 2. The van der Waals surface area contributed by atoms with E-state index in [2.05, 4.69) is 34.3 Å². The average Bonchev–Trinajstić information content (AvgIpc) is 3.69. The Kier molecular flexibility index (Phi) is 19.0. The van der Waals surface area contributed by atoms with Crippen LogP contribution in [0.1, 0.15) is 96.3 Å². The van der Waals surface area contributed by atoms with E-state index in [0.29, 0.717) is 44.4 Å². The van der Waals surface area contributed by atoms with E-state index in [1.165, 1.54) is 13.8 Å². The maximum Gasteiger partial charge on any atom is 0.365 e. The predicted octanol–water partition coefficient (Wildman–Crippen LogP) is 8.54. The molecule has 1 heterocycles. The van der Waals surface area contributed by atoms with Crippen LogP contribution in [-0.4, -0.2) is 55.7 Å². The molecule has 0 bridgehead atoms. The van der Waals surface area contributed by atoms with Crippen LogP contribution in [-0.2, 0) is 25.5 Å². The van der Waals surface area contributed by atoms with Crippen molar-refractivity contribution in [2.24, 2.45) is 10.9 Å². The van der Waals surface area contributed by atoms with Crippen molar-refractivity contribution in [2.45, 2.75) is 92.5 Å². The van der Waals surface area contributed by atoms with E-state index in [9.17, 15) is 14.4 Å². The molecule has 61 heavy (non-hydrogen) atoms. The van der Waals surface area contributed by atoms with Gasteiger partial charge in [-0.3, -0.25) is 9.59 Å². The van der Waals surface area contributed by atoms with Gasteiger partial charge in [-0.2, -0.15) is 4.98 Å². The number of nitrogens with zero attached hydrogens (tertiary/aromatic N) is 3. The van der Waals surface area contributed by atoms with Crippen LogP contribution in [0.4, 0.5) is 0 Å². The number of halogens is 2. The summed E-state index contributed by atoms with van der Waals surface area (Å²) in [7, 11) is 3.75. The molecule has 5 aromatic rings. The number of benzene rings is 4. The average molecular weight is 1100 g/mol. The minimum absolute atomic E-state index is 0. The van der Waals surface area contributed by atoms with Crippen LogP contribution in [0, 0.1) is 31.1 Å². The molecule has 2 amide bonds. The zero-order chi connectivity index (χ0) is 45.7. The number of oxime groups is 1. The Balaban J connectivity index is 0.000000404. The molecule has 0 atom stereocenters. The second-order valence-electron chi connectivity index (χ2n) is 15.2. The van der Waals surface area contributed by atoms with E-state index in [1.54, 1.807) is 54.6 Å². The summed E-state index contributed by atoms with van der Waals surface area (Å²) in [4.78, 5) is 44.4. The molecule has 17 heteroatoms. The molecule has 0 saturated heterocycles. The van der Waals surface area contributed by atoms with Crippen LogP contribution in [0.5, 0.6) is 11.5 Å². The van der Waals surface area contributed by atoms with Gasteiger partial charge in [-0.25, -0.2) is 4.79 Å². The second kappa shape index (κ2) is 22.9. The molecule has 0 aliphatic rings. The van der Waals surface area contributed by atoms with Crippen LogP contribution in [0.15, 0.2) is 94.6 Å². The van der Waals surface area contributed by atoms with Gasteiger partial charge in [-0.05, 0) is 129 Å². The van der Waals surface area contributed by atoms with Crippen LogP contribution < -0.4 is 25.8 Å². The van der Waals surface area contributed by atoms with Gasteiger partial charge in [0.1, 0.15) is 11.5 Å². The molecule has 5 rings (SSSR count). The number of carbonyl (C=O) groups is 3. The van der Waals surface area contributed by atoms with Crippen molar-refractivity contribution >= 4 is 55.2 Å². The molecule has 1 aromatic heterocycles. The van der Waals surface area contributed by atoms with Gasteiger partial charge in [-0.1, -0.05) is 57.8 Å². The van der Waals surface area contributed by atoms with Gasteiger partial charge in [0.2, 0.25) is 17.6 Å². The number of hydrogen-bond donors (Lipinski definition) is 3. The van der Waals surface area contributed by atoms with E-state index in [-0.39, 0.29) is 61.0 Å². The van der Waals surface area contributed by atoms with Crippen LogP contribution in [0.25, 0.3) is 22.8 Å². The molecular formula is C44H51BCl2N6O7U. The van der Waals surface area contributed by atoms with Crippen molar-refractivity contribution in [3.63, 3.8) is 0 Å². The Morgan fingerprint density at radius 3 is 1.64 bits per heavy atom. The molecule has 4 N–H and O–H groups in total. The normalized spacial score (nSPS) is 11.4. The van der Waals surface area contributed by atoms with Crippen molar-refractivity contribution in [2.75, 3.05) is 0 Å². The van der Waals surface area contributed by atoms with E-state index in [0.717, 1.165) is 22.3 Å². The minimum atomic E-state index is -0.660. The van der Waals surface area contributed by atoms with Gasteiger partial charge in [0.05, 0.1) is 38.9 Å². The van der Waals surface area contributed by atoms with E-state index in [1.807, 2.05) is 85.7 Å². The van der Waals surface area contributed by atoms with Crippen molar-refractivity contribution in [1.82, 2.24) is 20.8 Å². The van der Waals surface area contributed by atoms with Crippen molar-refractivity contribution in [1.29, 1.82) is 1.34 Å². The van der Waals surface area contributed by atoms with E-state index >= 15 is 0 Å². The number of carbonyl (C=O) groups excluding carboxylic acids is 3. The fraction of sp³-hybridized carbons (Fsp3) is 0.318. The minimum Gasteiger partial charge on any atom is -0.489 e. The van der Waals surface area contributed by atoms with Gasteiger partial charge in [-0.15, -0.1) is 0 Å². The molecule has 13 nitrogen and oxygen atoms in total. The molecule has 0 fully saturated rings. The number of nitrogens with one attached hydrogen (secondary N) is 2. The maximum atomic E-state index is 12.3. The van der Waals surface area contributed by atoms with E-state index < -0.39 is 17.0 Å². The Morgan fingerprint density at radius 2 is 1.18 bits per heavy atom. The third kappa shape index (κ3) is 15.3. The first kappa shape index (κ1) is 50.6. The number of amidine groups is 1. The second-order valence-corrected chi connectivity index (χ2v) is 16.0. The first-order valence-corrected chi connectivity index (χ1v) is 19.5.